The molecule has 0 spiro atoms. The van der Waals surface area contributed by atoms with Crippen molar-refractivity contribution in [3.05, 3.63) is 23.2 Å². The molecule has 0 saturated heterocycles. The van der Waals surface area contributed by atoms with Gasteiger partial charge in [0, 0.05) is 11.6 Å². The molecule has 0 atom stereocenters. The van der Waals surface area contributed by atoms with E-state index in [0.717, 1.165) is 0 Å². The number of nitrogens with two attached hydrogens (primary N) is 2. The zero-order chi connectivity index (χ0) is 11.5. The molecule has 7 heteroatoms. The molecule has 1 aromatic rings. The van der Waals surface area contributed by atoms with Crippen LogP contribution in [0.25, 0.3) is 0 Å². The summed E-state index contributed by atoms with van der Waals surface area (Å²) >= 11 is 5.70. The molecule has 0 aliphatic heterocycles. The maximum atomic E-state index is 10.6. The van der Waals surface area contributed by atoms with Crippen molar-refractivity contribution in [1.82, 2.24) is 0 Å². The molecular weight excluding hydrogens is 238 g/mol. The Labute approximate surface area is 93.5 Å². The summed E-state index contributed by atoms with van der Waals surface area (Å²) < 4.78 is 21.3. The van der Waals surface area contributed by atoms with E-state index in [0.29, 0.717) is 16.4 Å². The van der Waals surface area contributed by atoms with E-state index in [1.807, 2.05) is 0 Å². The van der Waals surface area contributed by atoms with Crippen molar-refractivity contribution in [3.8, 4) is 0 Å². The summed E-state index contributed by atoms with van der Waals surface area (Å²) in [6.45, 7) is 0.213. The summed E-state index contributed by atoms with van der Waals surface area (Å²) in [7, 11) is -3.44. The van der Waals surface area contributed by atoms with Gasteiger partial charge in [-0.05, 0) is 18.2 Å². The van der Waals surface area contributed by atoms with Crippen molar-refractivity contribution in [2.45, 2.75) is 0 Å². The maximum absolute atomic E-state index is 10.6. The lowest BCUT2D eigenvalue weighted by molar-refractivity contribution is 0.598. The number of sulfonamides is 1. The van der Waals surface area contributed by atoms with E-state index < -0.39 is 10.0 Å². The van der Waals surface area contributed by atoms with E-state index in [4.69, 9.17) is 22.5 Å². The van der Waals surface area contributed by atoms with Crippen LogP contribution in [-0.4, -0.2) is 20.7 Å². The predicted molar refractivity (Wildman–Crippen MR) is 62.3 cm³/mol. The molecule has 5 nitrogen and oxygen atoms in total. The number of halogens is 1. The zero-order valence-corrected chi connectivity index (χ0v) is 9.48. The highest BCUT2D eigenvalue weighted by Gasteiger charge is 2.03. The number of benzene rings is 1. The van der Waals surface area contributed by atoms with Gasteiger partial charge in [-0.2, -0.15) is 0 Å². The van der Waals surface area contributed by atoms with Crippen LogP contribution in [0.4, 0.5) is 11.4 Å². The second-order valence-electron chi connectivity index (χ2n) is 3.03. The minimum absolute atomic E-state index is 0.144. The molecule has 0 radical (unpaired) electrons. The smallest absolute Gasteiger partial charge is 0.210 e. The third-order valence-electron chi connectivity index (χ3n) is 1.72. The first kappa shape index (κ1) is 12.1. The first-order chi connectivity index (χ1) is 6.88. The van der Waals surface area contributed by atoms with E-state index in [-0.39, 0.29) is 12.3 Å². The van der Waals surface area contributed by atoms with Gasteiger partial charge in [-0.3, -0.25) is 0 Å². The molecule has 0 heterocycles. The molecule has 0 amide bonds. The van der Waals surface area contributed by atoms with E-state index >= 15 is 0 Å². The average molecular weight is 250 g/mol. The molecule has 0 aliphatic carbocycles. The van der Waals surface area contributed by atoms with Crippen LogP contribution in [0, 0.1) is 0 Å². The molecule has 15 heavy (non-hydrogen) atoms. The van der Waals surface area contributed by atoms with Crippen LogP contribution in [0.3, 0.4) is 0 Å². The number of anilines is 2. The molecule has 0 bridgehead atoms. The van der Waals surface area contributed by atoms with Crippen molar-refractivity contribution < 1.29 is 8.42 Å². The van der Waals surface area contributed by atoms with E-state index in [9.17, 15) is 8.42 Å². The minimum atomic E-state index is -3.44. The van der Waals surface area contributed by atoms with Gasteiger partial charge >= 0.3 is 0 Å². The summed E-state index contributed by atoms with van der Waals surface area (Å²) in [6, 6.07) is 4.93. The number of primary sulfonamides is 1. The van der Waals surface area contributed by atoms with Crippen molar-refractivity contribution in [2.24, 2.45) is 5.14 Å². The third-order valence-corrected chi connectivity index (χ3v) is 2.72. The van der Waals surface area contributed by atoms with Gasteiger partial charge in [-0.25, -0.2) is 13.6 Å². The minimum Gasteiger partial charge on any atom is -0.397 e. The van der Waals surface area contributed by atoms with Gasteiger partial charge in [0.25, 0.3) is 0 Å². The van der Waals surface area contributed by atoms with Crippen LogP contribution in [-0.2, 0) is 10.0 Å². The second kappa shape index (κ2) is 4.69. The average Bonchev–Trinajstić information content (AvgIpc) is 2.07. The summed E-state index contributed by atoms with van der Waals surface area (Å²) in [5.41, 5.74) is 6.75. The molecule has 1 aromatic carbocycles. The number of hydrogen-bond donors (Lipinski definition) is 3. The molecule has 0 aliphatic rings. The standard InChI is InChI=1S/C8H12ClN3O2S/c9-6-1-2-8(7(10)5-6)12-3-4-15(11,13)14/h1-2,5,12H,3-4,10H2,(H2,11,13,14). The summed E-state index contributed by atoms with van der Waals surface area (Å²) in [5, 5.41) is 8.23. The van der Waals surface area contributed by atoms with Gasteiger partial charge in [0.05, 0.1) is 17.1 Å². The summed E-state index contributed by atoms with van der Waals surface area (Å²) in [4.78, 5) is 0. The molecule has 0 unspecified atom stereocenters. The van der Waals surface area contributed by atoms with Gasteiger partial charge in [-0.15, -0.1) is 0 Å². The monoisotopic (exact) mass is 249 g/mol. The van der Waals surface area contributed by atoms with E-state index in [1.54, 1.807) is 18.2 Å². The molecule has 0 saturated carbocycles. The van der Waals surface area contributed by atoms with Crippen LogP contribution < -0.4 is 16.2 Å². The maximum Gasteiger partial charge on any atom is 0.210 e. The number of nitrogen functional groups attached to an aromatic ring is 1. The first-order valence-corrected chi connectivity index (χ1v) is 6.27. The summed E-state index contributed by atoms with van der Waals surface area (Å²) in [6.07, 6.45) is 0. The Morgan fingerprint density at radius 2 is 2.07 bits per heavy atom. The molecule has 0 aromatic heterocycles. The highest BCUT2D eigenvalue weighted by molar-refractivity contribution is 7.89. The van der Waals surface area contributed by atoms with Crippen molar-refractivity contribution in [1.29, 1.82) is 0 Å². The van der Waals surface area contributed by atoms with Crippen molar-refractivity contribution in [3.63, 3.8) is 0 Å². The van der Waals surface area contributed by atoms with Gasteiger partial charge in [0.2, 0.25) is 10.0 Å². The number of rotatable bonds is 4. The fraction of sp³-hybridized carbons (Fsp3) is 0.250. The van der Waals surface area contributed by atoms with Gasteiger partial charge in [0.1, 0.15) is 0 Å². The van der Waals surface area contributed by atoms with Crippen LogP contribution >= 0.6 is 11.6 Å². The van der Waals surface area contributed by atoms with Crippen LogP contribution in [0.1, 0.15) is 0 Å². The summed E-state index contributed by atoms with van der Waals surface area (Å²) in [5.74, 6) is -0.144. The Morgan fingerprint density at radius 1 is 1.40 bits per heavy atom. The number of nitrogens with one attached hydrogen (secondary N) is 1. The molecule has 0 fully saturated rings. The van der Waals surface area contributed by atoms with Crippen molar-refractivity contribution in [2.75, 3.05) is 23.3 Å². The first-order valence-electron chi connectivity index (χ1n) is 4.18. The third kappa shape index (κ3) is 4.37. The topological polar surface area (TPSA) is 98.2 Å². The quantitative estimate of drug-likeness (QED) is 0.682. The largest absolute Gasteiger partial charge is 0.397 e. The van der Waals surface area contributed by atoms with Crippen LogP contribution in [0.15, 0.2) is 18.2 Å². The Kier molecular flexibility index (Phi) is 3.78. The van der Waals surface area contributed by atoms with Gasteiger partial charge in [-0.1, -0.05) is 11.6 Å². The molecule has 84 valence electrons. The van der Waals surface area contributed by atoms with Crippen molar-refractivity contribution >= 4 is 33.0 Å². The van der Waals surface area contributed by atoms with E-state index in [2.05, 4.69) is 5.32 Å². The Balaban J connectivity index is 2.59. The Morgan fingerprint density at radius 3 is 2.60 bits per heavy atom. The highest BCUT2D eigenvalue weighted by atomic mass is 35.5. The lowest BCUT2D eigenvalue weighted by Gasteiger charge is -2.08. The lowest BCUT2D eigenvalue weighted by atomic mass is 10.3. The molecular formula is C8H12ClN3O2S. The Hall–Kier alpha value is -0.980. The Bertz CT molecular complexity index is 447. The SMILES string of the molecule is Nc1cc(Cl)ccc1NCCS(N)(=O)=O. The van der Waals surface area contributed by atoms with Gasteiger partial charge in [0.15, 0.2) is 0 Å². The highest BCUT2D eigenvalue weighted by Crippen LogP contribution is 2.22. The number of hydrogen-bond acceptors (Lipinski definition) is 4. The predicted octanol–water partition coefficient (Wildman–Crippen LogP) is 0.623. The zero-order valence-electron chi connectivity index (χ0n) is 7.90. The normalized spacial score (nSPS) is 11.3. The fourth-order valence-electron chi connectivity index (χ4n) is 1.02. The van der Waals surface area contributed by atoms with Crippen LogP contribution in [0.5, 0.6) is 0 Å². The van der Waals surface area contributed by atoms with Gasteiger partial charge < -0.3 is 11.1 Å². The van der Waals surface area contributed by atoms with E-state index in [1.165, 1.54) is 0 Å². The fourth-order valence-corrected chi connectivity index (χ4v) is 1.59. The molecule has 5 N–H and O–H groups in total. The van der Waals surface area contributed by atoms with Crippen LogP contribution in [0.2, 0.25) is 5.02 Å². The second-order valence-corrected chi connectivity index (χ2v) is 5.20. The molecule has 1 rings (SSSR count). The lowest BCUT2D eigenvalue weighted by Crippen LogP contribution is -2.22.